The first-order valence-electron chi connectivity index (χ1n) is 12.7. The lowest BCUT2D eigenvalue weighted by Crippen LogP contribution is -2.63. The van der Waals surface area contributed by atoms with Crippen LogP contribution in [0.5, 0.6) is 5.75 Å². The molecule has 1 amide bonds. The van der Waals surface area contributed by atoms with E-state index in [9.17, 15) is 57.5 Å². The lowest BCUT2D eigenvalue weighted by Gasteiger charge is -2.32. The zero-order valence-corrected chi connectivity index (χ0v) is 23.8. The van der Waals surface area contributed by atoms with Gasteiger partial charge in [0.15, 0.2) is 0 Å². The van der Waals surface area contributed by atoms with E-state index in [1.807, 2.05) is 0 Å². The van der Waals surface area contributed by atoms with Crippen LogP contribution in [0.4, 0.5) is 44.3 Å². The molecule has 1 N–H and O–H groups in total. The standard InChI is InChI=1S/C28H22F9NO7S/c29-25(30,27(33,34)35)26(31,32)28(36,37)46(41,42)45-21-13-11-18(12-14-21)15-22(23(39)43-16-19-7-3-1-4-8-19)38-24(40)44-17-20-9-5-2-6-10-20/h1-14,22H,15-17H2,(H,38,40)/t22-/m0/s1. The Morgan fingerprint density at radius 3 is 1.61 bits per heavy atom. The van der Waals surface area contributed by atoms with Crippen LogP contribution >= 0.6 is 0 Å². The Morgan fingerprint density at radius 2 is 1.13 bits per heavy atom. The maximum absolute atomic E-state index is 14.0. The minimum atomic E-state index is -7.47. The number of amides is 1. The van der Waals surface area contributed by atoms with Crippen LogP contribution in [-0.2, 0) is 44.0 Å². The van der Waals surface area contributed by atoms with Gasteiger partial charge in [0.05, 0.1) is 0 Å². The number of carbonyl (C=O) groups is 2. The van der Waals surface area contributed by atoms with Crippen LogP contribution in [0, 0.1) is 0 Å². The van der Waals surface area contributed by atoms with Crippen molar-refractivity contribution in [1.82, 2.24) is 5.32 Å². The van der Waals surface area contributed by atoms with Gasteiger partial charge in [-0.2, -0.15) is 47.9 Å². The van der Waals surface area contributed by atoms with Crippen molar-refractivity contribution in [1.29, 1.82) is 0 Å². The van der Waals surface area contributed by atoms with Crippen molar-refractivity contribution in [2.24, 2.45) is 0 Å². The van der Waals surface area contributed by atoms with Gasteiger partial charge in [0.1, 0.15) is 25.0 Å². The molecule has 0 bridgehead atoms. The van der Waals surface area contributed by atoms with Crippen LogP contribution in [0.15, 0.2) is 84.9 Å². The first-order chi connectivity index (χ1) is 21.3. The van der Waals surface area contributed by atoms with Crippen molar-refractivity contribution >= 4 is 22.2 Å². The topological polar surface area (TPSA) is 108 Å². The molecule has 3 aromatic rings. The lowest BCUT2D eigenvalue weighted by molar-refractivity contribution is -0.382. The van der Waals surface area contributed by atoms with E-state index in [0.29, 0.717) is 23.3 Å². The Labute approximate surface area is 255 Å². The molecule has 0 radical (unpaired) electrons. The summed E-state index contributed by atoms with van der Waals surface area (Å²) in [5.41, 5.74) is 1.24. The van der Waals surface area contributed by atoms with E-state index in [2.05, 4.69) is 9.50 Å². The highest BCUT2D eigenvalue weighted by molar-refractivity contribution is 7.88. The molecule has 0 unspecified atom stereocenters. The Morgan fingerprint density at radius 1 is 0.652 bits per heavy atom. The predicted octanol–water partition coefficient (Wildman–Crippen LogP) is 6.40. The first-order valence-corrected chi connectivity index (χ1v) is 14.1. The number of nitrogens with one attached hydrogen (secondary N) is 1. The zero-order valence-electron chi connectivity index (χ0n) is 22.9. The van der Waals surface area contributed by atoms with E-state index in [1.165, 1.54) is 0 Å². The van der Waals surface area contributed by atoms with Gasteiger partial charge < -0.3 is 19.0 Å². The first kappa shape index (κ1) is 36.0. The average molecular weight is 688 g/mol. The quantitative estimate of drug-likeness (QED) is 0.126. The SMILES string of the molecule is O=C(N[C@@H](Cc1ccc(OS(=O)(=O)C(F)(F)C(F)(F)C(F)(F)C(F)(F)F)cc1)C(=O)OCc1ccccc1)OCc1ccccc1. The molecule has 250 valence electrons. The Hall–Kier alpha value is -4.48. The van der Waals surface area contributed by atoms with E-state index in [1.54, 1.807) is 60.7 Å². The van der Waals surface area contributed by atoms with Gasteiger partial charge in [-0.05, 0) is 28.8 Å². The number of benzene rings is 3. The van der Waals surface area contributed by atoms with Crippen molar-refractivity contribution in [3.05, 3.63) is 102 Å². The van der Waals surface area contributed by atoms with Crippen LogP contribution in [0.25, 0.3) is 0 Å². The molecule has 18 heteroatoms. The van der Waals surface area contributed by atoms with Crippen molar-refractivity contribution < 1.29 is 71.2 Å². The smallest absolute Gasteiger partial charge is 0.459 e. The number of ether oxygens (including phenoxy) is 2. The van der Waals surface area contributed by atoms with E-state index in [0.717, 1.165) is 12.1 Å². The van der Waals surface area contributed by atoms with Crippen LogP contribution in [0.1, 0.15) is 16.7 Å². The molecule has 8 nitrogen and oxygen atoms in total. The predicted molar refractivity (Wildman–Crippen MR) is 140 cm³/mol. The molecular weight excluding hydrogens is 665 g/mol. The molecule has 0 aliphatic heterocycles. The van der Waals surface area contributed by atoms with Gasteiger partial charge in [0.25, 0.3) is 0 Å². The summed E-state index contributed by atoms with van der Waals surface area (Å²) in [6.07, 6.45) is -8.71. The lowest BCUT2D eigenvalue weighted by atomic mass is 10.1. The normalized spacial score (nSPS) is 13.4. The molecule has 0 aliphatic rings. The maximum atomic E-state index is 14.0. The minimum Gasteiger partial charge on any atom is -0.459 e. The number of alkyl halides is 9. The van der Waals surface area contributed by atoms with E-state index in [-0.39, 0.29) is 18.8 Å². The van der Waals surface area contributed by atoms with Crippen molar-refractivity contribution in [2.45, 2.75) is 49.0 Å². The summed E-state index contributed by atoms with van der Waals surface area (Å²) >= 11 is 0. The molecule has 0 heterocycles. The summed E-state index contributed by atoms with van der Waals surface area (Å²) in [6.45, 7) is -0.397. The fraction of sp³-hybridized carbons (Fsp3) is 0.286. The third kappa shape index (κ3) is 8.21. The zero-order chi connectivity index (χ0) is 34.4. The number of esters is 1. The largest absolute Gasteiger partial charge is 0.460 e. The van der Waals surface area contributed by atoms with Gasteiger partial charge in [-0.25, -0.2) is 9.59 Å². The third-order valence-corrected chi connectivity index (χ3v) is 7.31. The van der Waals surface area contributed by atoms with Crippen molar-refractivity contribution in [2.75, 3.05) is 0 Å². The highest BCUT2D eigenvalue weighted by Gasteiger charge is 2.86. The second kappa shape index (κ2) is 13.9. The molecular formula is C28H22F9NO7S. The monoisotopic (exact) mass is 687 g/mol. The molecule has 46 heavy (non-hydrogen) atoms. The molecule has 0 saturated carbocycles. The van der Waals surface area contributed by atoms with E-state index < -0.39 is 63.7 Å². The molecule has 0 aliphatic carbocycles. The minimum absolute atomic E-state index is 0.0514. The molecule has 0 saturated heterocycles. The third-order valence-electron chi connectivity index (χ3n) is 6.01. The highest BCUT2D eigenvalue weighted by Crippen LogP contribution is 2.55. The maximum Gasteiger partial charge on any atom is 0.460 e. The number of halogens is 9. The highest BCUT2D eigenvalue weighted by atomic mass is 32.2. The molecule has 3 aromatic carbocycles. The Bertz CT molecular complexity index is 1590. The fourth-order valence-corrected chi connectivity index (χ4v) is 4.45. The van der Waals surface area contributed by atoms with Gasteiger partial charge in [0, 0.05) is 6.42 Å². The van der Waals surface area contributed by atoms with Crippen LogP contribution in [-0.4, -0.2) is 49.8 Å². The van der Waals surface area contributed by atoms with E-state index >= 15 is 0 Å². The van der Waals surface area contributed by atoms with Crippen molar-refractivity contribution in [3.63, 3.8) is 0 Å². The summed E-state index contributed by atoms with van der Waals surface area (Å²) in [5.74, 6) is -17.1. The summed E-state index contributed by atoms with van der Waals surface area (Å²) in [4.78, 5) is 25.3. The van der Waals surface area contributed by atoms with Crippen molar-refractivity contribution in [3.8, 4) is 5.75 Å². The van der Waals surface area contributed by atoms with Gasteiger partial charge in [-0.15, -0.1) is 0 Å². The molecule has 1 atom stereocenters. The Balaban J connectivity index is 1.75. The number of carbonyl (C=O) groups excluding carboxylic acids is 2. The number of alkyl carbamates (subject to hydrolysis) is 1. The summed E-state index contributed by atoms with van der Waals surface area (Å²) in [7, 11) is -7.15. The fourth-order valence-electron chi connectivity index (χ4n) is 3.54. The van der Waals surface area contributed by atoms with Crippen LogP contribution < -0.4 is 9.50 Å². The second-order valence-corrected chi connectivity index (χ2v) is 11.0. The molecule has 0 fully saturated rings. The van der Waals surface area contributed by atoms with Gasteiger partial charge >= 0.3 is 45.5 Å². The average Bonchev–Trinajstić information content (AvgIpc) is 2.99. The van der Waals surface area contributed by atoms with Crippen LogP contribution in [0.3, 0.4) is 0 Å². The summed E-state index contributed by atoms with van der Waals surface area (Å²) < 4.78 is 156. The van der Waals surface area contributed by atoms with Gasteiger partial charge in [-0.1, -0.05) is 72.8 Å². The molecule has 0 spiro atoms. The van der Waals surface area contributed by atoms with Gasteiger partial charge in [-0.3, -0.25) is 0 Å². The summed E-state index contributed by atoms with van der Waals surface area (Å²) in [6, 6.07) is 18.2. The van der Waals surface area contributed by atoms with E-state index in [4.69, 9.17) is 9.47 Å². The van der Waals surface area contributed by atoms with Crippen LogP contribution in [0.2, 0.25) is 0 Å². The molecule has 0 aromatic heterocycles. The number of hydrogen-bond acceptors (Lipinski definition) is 7. The Kier molecular flexibility index (Phi) is 10.9. The van der Waals surface area contributed by atoms with Gasteiger partial charge in [0.2, 0.25) is 0 Å². The molecule has 3 rings (SSSR count). The summed E-state index contributed by atoms with van der Waals surface area (Å²) in [5, 5.41) is -4.77. The second-order valence-electron chi connectivity index (χ2n) is 9.40. The number of rotatable bonds is 13. The number of hydrogen-bond donors (Lipinski definition) is 1.